The molecule has 0 saturated carbocycles. The van der Waals surface area contributed by atoms with E-state index in [4.69, 9.17) is 0 Å². The summed E-state index contributed by atoms with van der Waals surface area (Å²) in [5.74, 6) is 0. The van der Waals surface area contributed by atoms with Crippen molar-refractivity contribution in [2.45, 2.75) is 33.2 Å². The lowest BCUT2D eigenvalue weighted by molar-refractivity contribution is -0.116. The van der Waals surface area contributed by atoms with E-state index in [0.29, 0.717) is 0 Å². The molecule has 0 fully saturated rings. The molecule has 1 atom stereocenters. The highest BCUT2D eigenvalue weighted by Gasteiger charge is 2.24. The van der Waals surface area contributed by atoms with E-state index >= 15 is 0 Å². The third-order valence-electron chi connectivity index (χ3n) is 2.94. The summed E-state index contributed by atoms with van der Waals surface area (Å²) in [7, 11) is 2.05. The Morgan fingerprint density at radius 3 is 2.59 bits per heavy atom. The van der Waals surface area contributed by atoms with Gasteiger partial charge in [-0.3, -0.25) is 4.98 Å². The Labute approximate surface area is 104 Å². The molecule has 0 amide bonds. The van der Waals surface area contributed by atoms with Gasteiger partial charge in [0.1, 0.15) is 6.29 Å². The van der Waals surface area contributed by atoms with Crippen LogP contribution in [0.4, 0.5) is 0 Å². The average Bonchev–Trinajstić information content (AvgIpc) is 2.30. The quantitative estimate of drug-likeness (QED) is 0.680. The second-order valence-corrected chi connectivity index (χ2v) is 5.05. The predicted molar refractivity (Wildman–Crippen MR) is 69.7 cm³/mol. The van der Waals surface area contributed by atoms with Crippen molar-refractivity contribution in [3.63, 3.8) is 0 Å². The number of aromatic nitrogens is 1. The fourth-order valence-corrected chi connectivity index (χ4v) is 2.22. The lowest BCUT2D eigenvalue weighted by Crippen LogP contribution is -2.34. The molecule has 1 aromatic heterocycles. The van der Waals surface area contributed by atoms with Gasteiger partial charge >= 0.3 is 0 Å². The van der Waals surface area contributed by atoms with Crippen LogP contribution >= 0.6 is 0 Å². The Hall–Kier alpha value is -1.22. The highest BCUT2D eigenvalue weighted by molar-refractivity contribution is 5.58. The molecule has 3 heteroatoms. The molecule has 17 heavy (non-hydrogen) atoms. The molecule has 1 unspecified atom stereocenters. The number of aldehydes is 1. The number of nitrogens with zero attached hydrogens (tertiary/aromatic N) is 2. The molecule has 94 valence electrons. The predicted octanol–water partition coefficient (Wildman–Crippen LogP) is 2.52. The summed E-state index contributed by atoms with van der Waals surface area (Å²) in [4.78, 5) is 17.4. The van der Waals surface area contributed by atoms with Crippen LogP contribution in [0.3, 0.4) is 0 Å². The Morgan fingerprint density at radius 2 is 2.06 bits per heavy atom. The van der Waals surface area contributed by atoms with Crippen LogP contribution in [0.1, 0.15) is 32.3 Å². The summed E-state index contributed by atoms with van der Waals surface area (Å²) < 4.78 is 0. The van der Waals surface area contributed by atoms with Gasteiger partial charge in [-0.15, -0.1) is 0 Å². The minimum atomic E-state index is -0.226. The smallest absolute Gasteiger partial charge is 0.127 e. The summed E-state index contributed by atoms with van der Waals surface area (Å²) in [6.45, 7) is 5.81. The molecule has 0 aromatic carbocycles. The third-order valence-corrected chi connectivity index (χ3v) is 2.94. The van der Waals surface area contributed by atoms with Crippen LogP contribution in [-0.2, 0) is 11.3 Å². The van der Waals surface area contributed by atoms with Gasteiger partial charge in [0.25, 0.3) is 0 Å². The Bertz CT molecular complexity index is 339. The second kappa shape index (κ2) is 6.50. The summed E-state index contributed by atoms with van der Waals surface area (Å²) in [6, 6.07) is 4.02. The first-order valence-electron chi connectivity index (χ1n) is 6.13. The topological polar surface area (TPSA) is 33.2 Å². The maximum atomic E-state index is 11.2. The van der Waals surface area contributed by atoms with Crippen LogP contribution in [0.25, 0.3) is 0 Å². The molecule has 1 aromatic rings. The van der Waals surface area contributed by atoms with Gasteiger partial charge in [-0.25, -0.2) is 0 Å². The summed E-state index contributed by atoms with van der Waals surface area (Å²) in [5, 5.41) is 0. The van der Waals surface area contributed by atoms with Gasteiger partial charge in [0.15, 0.2) is 0 Å². The molecular formula is C14H22N2O. The van der Waals surface area contributed by atoms with Gasteiger partial charge in [0, 0.05) is 30.9 Å². The molecule has 1 rings (SSSR count). The number of carbonyl (C=O) groups is 1. The van der Waals surface area contributed by atoms with Crippen molar-refractivity contribution in [1.82, 2.24) is 9.88 Å². The van der Waals surface area contributed by atoms with Crippen LogP contribution < -0.4 is 0 Å². The highest BCUT2D eigenvalue weighted by atomic mass is 16.1. The van der Waals surface area contributed by atoms with Crippen molar-refractivity contribution >= 4 is 6.29 Å². The summed E-state index contributed by atoms with van der Waals surface area (Å²) in [5.41, 5.74) is 1.00. The number of carbonyl (C=O) groups excluding carboxylic acids is 1. The first kappa shape index (κ1) is 13.8. The molecule has 0 saturated heterocycles. The van der Waals surface area contributed by atoms with Crippen LogP contribution in [0.5, 0.6) is 0 Å². The number of pyridine rings is 1. The van der Waals surface area contributed by atoms with Gasteiger partial charge < -0.3 is 9.69 Å². The van der Waals surface area contributed by atoms with E-state index in [1.807, 2.05) is 19.1 Å². The standard InChI is InChI=1S/C14H22N2O/c1-4-7-14(2,12-17)11-16(3)10-13-5-8-15-9-6-13/h5-6,8-9,12H,4,7,10-11H2,1-3H3. The van der Waals surface area contributed by atoms with E-state index in [2.05, 4.69) is 23.9 Å². The normalized spacial score (nSPS) is 14.6. The van der Waals surface area contributed by atoms with Gasteiger partial charge in [0.2, 0.25) is 0 Å². The molecule has 0 radical (unpaired) electrons. The lowest BCUT2D eigenvalue weighted by Gasteiger charge is -2.28. The first-order valence-corrected chi connectivity index (χ1v) is 6.13. The zero-order valence-electron chi connectivity index (χ0n) is 11.0. The van der Waals surface area contributed by atoms with Crippen LogP contribution in [0, 0.1) is 5.41 Å². The van der Waals surface area contributed by atoms with E-state index < -0.39 is 0 Å². The minimum Gasteiger partial charge on any atom is -0.303 e. The van der Waals surface area contributed by atoms with Crippen molar-refractivity contribution in [2.24, 2.45) is 5.41 Å². The summed E-state index contributed by atoms with van der Waals surface area (Å²) >= 11 is 0. The molecular weight excluding hydrogens is 212 g/mol. The highest BCUT2D eigenvalue weighted by Crippen LogP contribution is 2.22. The van der Waals surface area contributed by atoms with Crippen molar-refractivity contribution in [3.05, 3.63) is 30.1 Å². The van der Waals surface area contributed by atoms with E-state index in [0.717, 1.165) is 32.2 Å². The molecule has 3 nitrogen and oxygen atoms in total. The molecule has 0 aliphatic rings. The Kier molecular flexibility index (Phi) is 5.29. The average molecular weight is 234 g/mol. The van der Waals surface area contributed by atoms with Crippen molar-refractivity contribution < 1.29 is 4.79 Å². The zero-order chi connectivity index (χ0) is 12.7. The monoisotopic (exact) mass is 234 g/mol. The minimum absolute atomic E-state index is 0.226. The third kappa shape index (κ3) is 4.65. The zero-order valence-corrected chi connectivity index (χ0v) is 11.0. The maximum absolute atomic E-state index is 11.2. The largest absolute Gasteiger partial charge is 0.303 e. The van der Waals surface area contributed by atoms with E-state index in [1.165, 1.54) is 5.56 Å². The molecule has 0 aliphatic carbocycles. The van der Waals surface area contributed by atoms with Crippen molar-refractivity contribution in [2.75, 3.05) is 13.6 Å². The molecule has 0 aliphatic heterocycles. The van der Waals surface area contributed by atoms with Gasteiger partial charge in [0.05, 0.1) is 0 Å². The van der Waals surface area contributed by atoms with E-state index in [-0.39, 0.29) is 5.41 Å². The van der Waals surface area contributed by atoms with Gasteiger partial charge in [-0.1, -0.05) is 20.3 Å². The van der Waals surface area contributed by atoms with Gasteiger partial charge in [-0.05, 0) is 31.2 Å². The molecule has 1 heterocycles. The first-order chi connectivity index (χ1) is 8.09. The van der Waals surface area contributed by atoms with Crippen molar-refractivity contribution in [1.29, 1.82) is 0 Å². The van der Waals surface area contributed by atoms with E-state index in [9.17, 15) is 4.79 Å². The van der Waals surface area contributed by atoms with Crippen LogP contribution in [0.2, 0.25) is 0 Å². The van der Waals surface area contributed by atoms with Crippen LogP contribution in [0.15, 0.2) is 24.5 Å². The Balaban J connectivity index is 2.54. The van der Waals surface area contributed by atoms with Crippen molar-refractivity contribution in [3.8, 4) is 0 Å². The number of hydrogen-bond acceptors (Lipinski definition) is 3. The van der Waals surface area contributed by atoms with E-state index in [1.54, 1.807) is 12.4 Å². The lowest BCUT2D eigenvalue weighted by atomic mass is 9.87. The fourth-order valence-electron chi connectivity index (χ4n) is 2.22. The SMILES string of the molecule is CCCC(C)(C=O)CN(C)Cc1ccncc1. The fraction of sp³-hybridized carbons (Fsp3) is 0.571. The number of hydrogen-bond donors (Lipinski definition) is 0. The maximum Gasteiger partial charge on any atom is 0.127 e. The molecule has 0 N–H and O–H groups in total. The van der Waals surface area contributed by atoms with Crippen LogP contribution in [-0.4, -0.2) is 29.8 Å². The second-order valence-electron chi connectivity index (χ2n) is 5.05. The number of rotatable bonds is 7. The Morgan fingerprint density at radius 1 is 1.41 bits per heavy atom. The summed E-state index contributed by atoms with van der Waals surface area (Å²) in [6.07, 6.45) is 6.68. The molecule has 0 spiro atoms. The molecule has 0 bridgehead atoms. The van der Waals surface area contributed by atoms with Gasteiger partial charge in [-0.2, -0.15) is 0 Å².